The van der Waals surface area contributed by atoms with Crippen LogP contribution in [-0.4, -0.2) is 35.1 Å². The van der Waals surface area contributed by atoms with E-state index in [1.807, 2.05) is 0 Å². The zero-order valence-corrected chi connectivity index (χ0v) is 20.9. The lowest BCUT2D eigenvalue weighted by atomic mass is 9.92. The van der Waals surface area contributed by atoms with Gasteiger partial charge in [0.2, 0.25) is 0 Å². The van der Waals surface area contributed by atoms with Crippen molar-refractivity contribution >= 4 is 27.5 Å². The standard InChI is InChI=1S/C30H39N5/c1-2-3-10-23(20-32-19-22(31)17-21-18-33-27-14-7-4-11-24(21)27)34-30-25-12-5-8-15-28(25)35-29-16-9-6-13-26(29)30/h4-5,7-8,11-12,14-15,18,22-23,32-33H,2-3,6,9-10,13,16-17,19-20,31H2,1H3,(H,34,35). The van der Waals surface area contributed by atoms with Crippen molar-refractivity contribution in [3.8, 4) is 0 Å². The van der Waals surface area contributed by atoms with Crippen LogP contribution in [0.1, 0.15) is 55.8 Å². The third-order valence-corrected chi connectivity index (χ3v) is 7.38. The molecule has 2 unspecified atom stereocenters. The Labute approximate surface area is 208 Å². The van der Waals surface area contributed by atoms with Crippen molar-refractivity contribution < 1.29 is 0 Å². The van der Waals surface area contributed by atoms with Gasteiger partial charge in [0.25, 0.3) is 0 Å². The summed E-state index contributed by atoms with van der Waals surface area (Å²) in [4.78, 5) is 8.38. The number of nitrogens with zero attached hydrogens (tertiary/aromatic N) is 1. The summed E-state index contributed by atoms with van der Waals surface area (Å²) in [5.74, 6) is 0. The molecular weight excluding hydrogens is 430 g/mol. The van der Waals surface area contributed by atoms with Gasteiger partial charge < -0.3 is 21.4 Å². The van der Waals surface area contributed by atoms with Crippen molar-refractivity contribution in [2.24, 2.45) is 5.73 Å². The Kier molecular flexibility index (Phi) is 7.65. The summed E-state index contributed by atoms with van der Waals surface area (Å²) in [5, 5.41) is 10.2. The molecule has 35 heavy (non-hydrogen) atoms. The number of H-pyrrole nitrogens is 1. The lowest BCUT2D eigenvalue weighted by Gasteiger charge is -2.27. The second kappa shape index (κ2) is 11.2. The molecular formula is C30H39N5. The lowest BCUT2D eigenvalue weighted by Crippen LogP contribution is -2.41. The molecule has 2 atom stereocenters. The average molecular weight is 470 g/mol. The molecule has 1 aliphatic rings. The topological polar surface area (TPSA) is 78.8 Å². The molecule has 0 saturated heterocycles. The SMILES string of the molecule is CCCCC(CNCC(N)Cc1c[nH]c2ccccc12)Nc1c2c(nc3ccccc13)CCCC2. The second-order valence-corrected chi connectivity index (χ2v) is 10.1. The predicted molar refractivity (Wildman–Crippen MR) is 148 cm³/mol. The van der Waals surface area contributed by atoms with Crippen LogP contribution in [0.3, 0.4) is 0 Å². The first kappa shape index (κ1) is 23.8. The van der Waals surface area contributed by atoms with E-state index < -0.39 is 0 Å². The first-order valence-electron chi connectivity index (χ1n) is 13.4. The van der Waals surface area contributed by atoms with Crippen molar-refractivity contribution in [1.29, 1.82) is 0 Å². The Morgan fingerprint density at radius 2 is 1.80 bits per heavy atom. The molecule has 0 radical (unpaired) electrons. The summed E-state index contributed by atoms with van der Waals surface area (Å²) in [7, 11) is 0. The molecule has 0 spiro atoms. The predicted octanol–water partition coefficient (Wildman–Crippen LogP) is 5.73. The number of para-hydroxylation sites is 2. The maximum absolute atomic E-state index is 6.56. The summed E-state index contributed by atoms with van der Waals surface area (Å²) < 4.78 is 0. The number of nitrogens with one attached hydrogen (secondary N) is 3. The number of hydrogen-bond acceptors (Lipinski definition) is 4. The van der Waals surface area contributed by atoms with Crippen LogP contribution in [0.15, 0.2) is 54.7 Å². The maximum atomic E-state index is 6.56. The third kappa shape index (κ3) is 5.52. The fraction of sp³-hybridized carbons (Fsp3) is 0.433. The second-order valence-electron chi connectivity index (χ2n) is 10.1. The number of rotatable bonds is 11. The fourth-order valence-electron chi connectivity index (χ4n) is 5.52. The molecule has 0 bridgehead atoms. The van der Waals surface area contributed by atoms with Gasteiger partial charge in [0.15, 0.2) is 0 Å². The highest BCUT2D eigenvalue weighted by Gasteiger charge is 2.20. The molecule has 2 heterocycles. The first-order chi connectivity index (χ1) is 17.2. The quantitative estimate of drug-likeness (QED) is 0.226. The molecule has 0 amide bonds. The molecule has 0 saturated carbocycles. The highest BCUT2D eigenvalue weighted by molar-refractivity contribution is 5.93. The van der Waals surface area contributed by atoms with E-state index in [0.29, 0.717) is 6.04 Å². The number of aromatic nitrogens is 2. The number of hydrogen-bond donors (Lipinski definition) is 4. The van der Waals surface area contributed by atoms with Gasteiger partial charge in [-0.25, -0.2) is 0 Å². The molecule has 5 nitrogen and oxygen atoms in total. The number of unbranched alkanes of at least 4 members (excludes halogenated alkanes) is 1. The Balaban J connectivity index is 1.26. The minimum atomic E-state index is 0.0792. The van der Waals surface area contributed by atoms with Crippen molar-refractivity contribution in [3.63, 3.8) is 0 Å². The molecule has 5 N–H and O–H groups in total. The minimum Gasteiger partial charge on any atom is -0.380 e. The van der Waals surface area contributed by atoms with E-state index in [1.165, 1.54) is 64.5 Å². The van der Waals surface area contributed by atoms with Crippen LogP contribution in [0.2, 0.25) is 0 Å². The van der Waals surface area contributed by atoms with Gasteiger partial charge in [-0.2, -0.15) is 0 Å². The van der Waals surface area contributed by atoms with Crippen molar-refractivity contribution in [1.82, 2.24) is 15.3 Å². The van der Waals surface area contributed by atoms with Gasteiger partial charge in [-0.15, -0.1) is 0 Å². The van der Waals surface area contributed by atoms with Crippen LogP contribution >= 0.6 is 0 Å². The van der Waals surface area contributed by atoms with Gasteiger partial charge in [0.05, 0.1) is 5.52 Å². The van der Waals surface area contributed by atoms with E-state index in [9.17, 15) is 0 Å². The van der Waals surface area contributed by atoms with Crippen LogP contribution in [0, 0.1) is 0 Å². The number of benzene rings is 2. The molecule has 4 aromatic rings. The largest absolute Gasteiger partial charge is 0.380 e. The van der Waals surface area contributed by atoms with E-state index in [4.69, 9.17) is 10.7 Å². The summed E-state index contributed by atoms with van der Waals surface area (Å²) >= 11 is 0. The van der Waals surface area contributed by atoms with Crippen molar-refractivity contribution in [2.75, 3.05) is 18.4 Å². The Bertz CT molecular complexity index is 1260. The summed E-state index contributed by atoms with van der Waals surface area (Å²) in [6.07, 6.45) is 11.2. The van der Waals surface area contributed by atoms with E-state index in [0.717, 1.165) is 44.3 Å². The van der Waals surface area contributed by atoms with Gasteiger partial charge in [-0.3, -0.25) is 4.98 Å². The molecule has 0 fully saturated rings. The van der Waals surface area contributed by atoms with Crippen molar-refractivity contribution in [2.45, 2.75) is 70.4 Å². The smallest absolute Gasteiger partial charge is 0.0726 e. The number of aromatic amines is 1. The Morgan fingerprint density at radius 1 is 1.00 bits per heavy atom. The summed E-state index contributed by atoms with van der Waals surface area (Å²) in [6.45, 7) is 3.98. The molecule has 5 rings (SSSR count). The monoisotopic (exact) mass is 469 g/mol. The normalized spacial score (nSPS) is 15.3. The van der Waals surface area contributed by atoms with Gasteiger partial charge in [0, 0.05) is 59.0 Å². The zero-order valence-electron chi connectivity index (χ0n) is 20.9. The number of pyridine rings is 1. The Morgan fingerprint density at radius 3 is 2.69 bits per heavy atom. The van der Waals surface area contributed by atoms with Crippen LogP contribution in [-0.2, 0) is 19.3 Å². The van der Waals surface area contributed by atoms with Crippen LogP contribution in [0.5, 0.6) is 0 Å². The molecule has 0 aliphatic heterocycles. The minimum absolute atomic E-state index is 0.0792. The van der Waals surface area contributed by atoms with Gasteiger partial charge in [0.1, 0.15) is 0 Å². The van der Waals surface area contributed by atoms with Gasteiger partial charge >= 0.3 is 0 Å². The van der Waals surface area contributed by atoms with Crippen LogP contribution in [0.25, 0.3) is 21.8 Å². The molecule has 2 aromatic heterocycles. The number of fused-ring (bicyclic) bond motifs is 3. The van der Waals surface area contributed by atoms with E-state index in [1.54, 1.807) is 0 Å². The van der Waals surface area contributed by atoms with Crippen LogP contribution in [0.4, 0.5) is 5.69 Å². The maximum Gasteiger partial charge on any atom is 0.0726 e. The number of aryl methyl sites for hydroxylation is 1. The Hall–Kier alpha value is -2.89. The molecule has 184 valence electrons. The number of nitrogens with two attached hydrogens (primary N) is 1. The lowest BCUT2D eigenvalue weighted by molar-refractivity contribution is 0.516. The van der Waals surface area contributed by atoms with Crippen LogP contribution < -0.4 is 16.4 Å². The van der Waals surface area contributed by atoms with E-state index in [2.05, 4.69) is 77.3 Å². The summed E-state index contributed by atoms with van der Waals surface area (Å²) in [5.41, 5.74) is 14.2. The van der Waals surface area contributed by atoms with E-state index in [-0.39, 0.29) is 6.04 Å². The van der Waals surface area contributed by atoms with Gasteiger partial charge in [-0.05, 0) is 61.8 Å². The molecule has 2 aromatic carbocycles. The van der Waals surface area contributed by atoms with Gasteiger partial charge in [-0.1, -0.05) is 56.2 Å². The average Bonchev–Trinajstić information content (AvgIpc) is 3.29. The molecule has 1 aliphatic carbocycles. The highest BCUT2D eigenvalue weighted by Crippen LogP contribution is 2.34. The van der Waals surface area contributed by atoms with E-state index >= 15 is 0 Å². The van der Waals surface area contributed by atoms with Crippen molar-refractivity contribution in [3.05, 3.63) is 71.5 Å². The third-order valence-electron chi connectivity index (χ3n) is 7.38. The number of anilines is 1. The highest BCUT2D eigenvalue weighted by atomic mass is 15.0. The fourth-order valence-corrected chi connectivity index (χ4v) is 5.52. The zero-order chi connectivity index (χ0) is 24.0. The summed E-state index contributed by atoms with van der Waals surface area (Å²) in [6, 6.07) is 17.5. The first-order valence-corrected chi connectivity index (χ1v) is 13.4. The molecule has 5 heteroatoms.